The standard InChI is InChI=1S/C14H21NO2.C2H6/c1-4-8-13(5-2)11-17-14(16)15-10-7-6-9-12(15)3;1-2/h4-5,8,12H,1-2,6-7,9-11H2,3H3;1-2H3/b13-8+;. The number of likely N-dealkylation sites (tertiary alicyclic amines) is 1. The average molecular weight is 265 g/mol. The molecule has 0 radical (unpaired) electrons. The second kappa shape index (κ2) is 10.4. The van der Waals surface area contributed by atoms with Gasteiger partial charge in [-0.25, -0.2) is 4.79 Å². The number of carbonyl (C=O) groups is 1. The van der Waals surface area contributed by atoms with Gasteiger partial charge in [0.2, 0.25) is 0 Å². The second-order valence-corrected chi connectivity index (χ2v) is 4.27. The van der Waals surface area contributed by atoms with E-state index in [2.05, 4.69) is 20.1 Å². The van der Waals surface area contributed by atoms with Gasteiger partial charge in [0.15, 0.2) is 0 Å². The highest BCUT2D eigenvalue weighted by Crippen LogP contribution is 2.17. The highest BCUT2D eigenvalue weighted by Gasteiger charge is 2.24. The van der Waals surface area contributed by atoms with Gasteiger partial charge in [-0.15, -0.1) is 0 Å². The summed E-state index contributed by atoms with van der Waals surface area (Å²) in [6.07, 6.45) is 8.22. The first-order valence-electron chi connectivity index (χ1n) is 7.06. The number of allylic oxidation sites excluding steroid dienone is 2. The molecule has 0 bridgehead atoms. The summed E-state index contributed by atoms with van der Waals surface area (Å²) < 4.78 is 5.26. The smallest absolute Gasteiger partial charge is 0.410 e. The van der Waals surface area contributed by atoms with Crippen LogP contribution in [0.15, 0.2) is 37.0 Å². The molecule has 19 heavy (non-hydrogen) atoms. The molecular weight excluding hydrogens is 238 g/mol. The summed E-state index contributed by atoms with van der Waals surface area (Å²) in [4.78, 5) is 13.7. The number of nitrogens with zero attached hydrogens (tertiary/aromatic N) is 1. The van der Waals surface area contributed by atoms with E-state index in [0.717, 1.165) is 25.0 Å². The van der Waals surface area contributed by atoms with Crippen molar-refractivity contribution in [2.45, 2.75) is 46.1 Å². The normalized spacial score (nSPS) is 19.0. The number of hydrogen-bond donors (Lipinski definition) is 0. The maximum Gasteiger partial charge on any atom is 0.410 e. The van der Waals surface area contributed by atoms with Crippen molar-refractivity contribution in [3.05, 3.63) is 37.0 Å². The molecule has 1 rings (SSSR count). The lowest BCUT2D eigenvalue weighted by Gasteiger charge is -2.32. The largest absolute Gasteiger partial charge is 0.445 e. The van der Waals surface area contributed by atoms with Gasteiger partial charge >= 0.3 is 6.09 Å². The lowest BCUT2D eigenvalue weighted by Crippen LogP contribution is -2.42. The molecule has 0 aliphatic carbocycles. The van der Waals surface area contributed by atoms with Crippen molar-refractivity contribution in [2.24, 2.45) is 0 Å². The number of piperidine rings is 1. The molecule has 0 saturated carbocycles. The fourth-order valence-electron chi connectivity index (χ4n) is 1.92. The molecule has 1 unspecified atom stereocenters. The Morgan fingerprint density at radius 1 is 1.37 bits per heavy atom. The molecule has 1 aliphatic heterocycles. The fourth-order valence-corrected chi connectivity index (χ4v) is 1.92. The van der Waals surface area contributed by atoms with Gasteiger partial charge in [-0.05, 0) is 31.8 Å². The summed E-state index contributed by atoms with van der Waals surface area (Å²) in [5.41, 5.74) is 0.859. The third kappa shape index (κ3) is 6.27. The van der Waals surface area contributed by atoms with Crippen molar-refractivity contribution < 1.29 is 9.53 Å². The fraction of sp³-hybridized carbons (Fsp3) is 0.562. The zero-order valence-electron chi connectivity index (χ0n) is 12.5. The van der Waals surface area contributed by atoms with Crippen LogP contribution < -0.4 is 0 Å². The van der Waals surface area contributed by atoms with Crippen LogP contribution in [0.3, 0.4) is 0 Å². The van der Waals surface area contributed by atoms with Crippen LogP contribution in [-0.2, 0) is 4.74 Å². The minimum absolute atomic E-state index is 0.228. The van der Waals surface area contributed by atoms with Gasteiger partial charge in [-0.1, -0.05) is 45.2 Å². The van der Waals surface area contributed by atoms with Crippen molar-refractivity contribution in [1.82, 2.24) is 4.90 Å². The minimum Gasteiger partial charge on any atom is -0.445 e. The third-order valence-corrected chi connectivity index (χ3v) is 2.99. The van der Waals surface area contributed by atoms with Gasteiger partial charge in [-0.2, -0.15) is 0 Å². The van der Waals surface area contributed by atoms with Crippen LogP contribution in [0.1, 0.15) is 40.0 Å². The summed E-state index contributed by atoms with van der Waals surface area (Å²) in [5.74, 6) is 0. The van der Waals surface area contributed by atoms with Gasteiger partial charge in [0.25, 0.3) is 0 Å². The van der Waals surface area contributed by atoms with Crippen molar-refractivity contribution >= 4 is 6.09 Å². The van der Waals surface area contributed by atoms with Gasteiger partial charge in [-0.3, -0.25) is 0 Å². The maximum absolute atomic E-state index is 11.8. The summed E-state index contributed by atoms with van der Waals surface area (Å²) in [7, 11) is 0. The molecule has 1 atom stereocenters. The second-order valence-electron chi connectivity index (χ2n) is 4.27. The molecule has 3 nitrogen and oxygen atoms in total. The van der Waals surface area contributed by atoms with Crippen molar-refractivity contribution in [3.63, 3.8) is 0 Å². The van der Waals surface area contributed by atoms with Crippen molar-refractivity contribution in [1.29, 1.82) is 0 Å². The lowest BCUT2D eigenvalue weighted by atomic mass is 10.0. The molecule has 1 saturated heterocycles. The van der Waals surface area contributed by atoms with Crippen LogP contribution in [-0.4, -0.2) is 30.2 Å². The number of rotatable bonds is 4. The molecule has 0 N–H and O–H groups in total. The number of ether oxygens (including phenoxy) is 1. The first-order chi connectivity index (χ1) is 9.19. The highest BCUT2D eigenvalue weighted by atomic mass is 16.6. The van der Waals surface area contributed by atoms with Crippen LogP contribution >= 0.6 is 0 Å². The van der Waals surface area contributed by atoms with Gasteiger partial charge in [0.05, 0.1) is 0 Å². The minimum atomic E-state index is -0.228. The van der Waals surface area contributed by atoms with E-state index in [-0.39, 0.29) is 18.7 Å². The topological polar surface area (TPSA) is 29.5 Å². The van der Waals surface area contributed by atoms with E-state index in [4.69, 9.17) is 4.74 Å². The summed E-state index contributed by atoms with van der Waals surface area (Å²) in [5, 5.41) is 0. The average Bonchev–Trinajstić information content (AvgIpc) is 2.45. The molecule has 0 aromatic heterocycles. The molecular formula is C16H27NO2. The van der Waals surface area contributed by atoms with E-state index in [1.54, 1.807) is 23.1 Å². The van der Waals surface area contributed by atoms with Crippen LogP contribution in [0, 0.1) is 0 Å². The van der Waals surface area contributed by atoms with Crippen LogP contribution in [0.4, 0.5) is 4.79 Å². The Hall–Kier alpha value is -1.51. The molecule has 1 heterocycles. The molecule has 0 aromatic rings. The third-order valence-electron chi connectivity index (χ3n) is 2.99. The zero-order chi connectivity index (χ0) is 14.7. The molecule has 0 aromatic carbocycles. The van der Waals surface area contributed by atoms with Gasteiger partial charge < -0.3 is 9.64 Å². The molecule has 1 amide bonds. The van der Waals surface area contributed by atoms with E-state index < -0.39 is 0 Å². The summed E-state index contributed by atoms with van der Waals surface area (Å²) in [6, 6.07) is 0.284. The number of amides is 1. The van der Waals surface area contributed by atoms with Crippen molar-refractivity contribution in [2.75, 3.05) is 13.2 Å². The van der Waals surface area contributed by atoms with E-state index in [0.29, 0.717) is 0 Å². The van der Waals surface area contributed by atoms with E-state index in [1.165, 1.54) is 6.42 Å². The summed E-state index contributed by atoms with van der Waals surface area (Å²) in [6.45, 7) is 14.4. The Morgan fingerprint density at radius 3 is 2.58 bits per heavy atom. The lowest BCUT2D eigenvalue weighted by molar-refractivity contribution is 0.0841. The van der Waals surface area contributed by atoms with Crippen molar-refractivity contribution in [3.8, 4) is 0 Å². The van der Waals surface area contributed by atoms with Crippen LogP contribution in [0.25, 0.3) is 0 Å². The van der Waals surface area contributed by atoms with E-state index in [9.17, 15) is 4.79 Å². The Balaban J connectivity index is 0.00000154. The molecule has 0 spiro atoms. The van der Waals surface area contributed by atoms with Crippen LogP contribution in [0.5, 0.6) is 0 Å². The Labute approximate surface area is 117 Å². The van der Waals surface area contributed by atoms with E-state index >= 15 is 0 Å². The van der Waals surface area contributed by atoms with Gasteiger partial charge in [0.1, 0.15) is 6.61 Å². The number of carbonyl (C=O) groups excluding carboxylic acids is 1. The Morgan fingerprint density at radius 2 is 2.05 bits per heavy atom. The Bertz CT molecular complexity index is 321. The van der Waals surface area contributed by atoms with Gasteiger partial charge in [0, 0.05) is 12.6 Å². The van der Waals surface area contributed by atoms with E-state index in [1.807, 2.05) is 13.8 Å². The molecule has 1 fully saturated rings. The quantitative estimate of drug-likeness (QED) is 0.708. The molecule has 108 valence electrons. The summed E-state index contributed by atoms with van der Waals surface area (Å²) >= 11 is 0. The maximum atomic E-state index is 11.8. The first-order valence-corrected chi connectivity index (χ1v) is 7.06. The highest BCUT2D eigenvalue weighted by molar-refractivity contribution is 5.68. The number of hydrogen-bond acceptors (Lipinski definition) is 2. The molecule has 3 heteroatoms. The predicted octanol–water partition coefficient (Wildman–Crippen LogP) is 4.32. The SMILES string of the molecule is C=C/C=C(\C=C)COC(=O)N1CCCCC1C.CC. The first kappa shape index (κ1) is 17.5. The Kier molecular flexibility index (Phi) is 9.59. The molecule has 1 aliphatic rings. The zero-order valence-corrected chi connectivity index (χ0v) is 12.5. The predicted molar refractivity (Wildman–Crippen MR) is 81.2 cm³/mol. The van der Waals surface area contributed by atoms with Crippen LogP contribution in [0.2, 0.25) is 0 Å². The monoisotopic (exact) mass is 265 g/mol.